The molecule has 0 aliphatic heterocycles. The lowest BCUT2D eigenvalue weighted by atomic mass is 9.85. The summed E-state index contributed by atoms with van der Waals surface area (Å²) >= 11 is 0. The van der Waals surface area contributed by atoms with E-state index < -0.39 is 35.6 Å². The van der Waals surface area contributed by atoms with E-state index in [0.717, 1.165) is 112 Å². The first-order valence-electron chi connectivity index (χ1n) is 42.6. The molecule has 16 rings (SSSR count). The molecule has 0 unspecified atom stereocenters. The molecular weight excluding hydrogens is 1780 g/mol. The Morgan fingerprint density at radius 3 is 0.496 bits per heavy atom. The van der Waals surface area contributed by atoms with Gasteiger partial charge < -0.3 is 44.1 Å². The number of carboxylic acids is 4. The van der Waals surface area contributed by atoms with Gasteiger partial charge in [0.2, 0.25) is 0 Å². The highest BCUT2D eigenvalue weighted by Gasteiger charge is 2.31. The molecule has 23 heteroatoms. The van der Waals surface area contributed by atoms with Crippen molar-refractivity contribution in [2.45, 2.75) is 20.0 Å². The zero-order valence-corrected chi connectivity index (χ0v) is 73.9. The van der Waals surface area contributed by atoms with Crippen molar-refractivity contribution in [2.75, 3.05) is 0 Å². The number of ether oxygens (including phenoxy) is 5. The molecule has 688 valence electrons. The van der Waals surface area contributed by atoms with Gasteiger partial charge in [0.25, 0.3) is 32.4 Å². The van der Waals surface area contributed by atoms with Gasteiger partial charge in [0.05, 0.1) is 27.8 Å². The van der Waals surface area contributed by atoms with Gasteiger partial charge in [0, 0.05) is 0 Å². The molecule has 16 aromatic rings. The molecular formula is C116H81F5O18. The molecule has 0 fully saturated rings. The molecule has 0 heterocycles. The van der Waals surface area contributed by atoms with Gasteiger partial charge in [0.1, 0.15) is 40.4 Å². The molecule has 0 spiro atoms. The van der Waals surface area contributed by atoms with E-state index in [1.165, 1.54) is 72.8 Å². The second-order valence-corrected chi connectivity index (χ2v) is 30.8. The smallest absolute Gasteiger partial charge is 0.416 e. The van der Waals surface area contributed by atoms with Gasteiger partial charge in [0.15, 0.2) is 0 Å². The molecule has 18 nitrogen and oxygen atoms in total. The molecule has 0 atom stereocenters. The first-order chi connectivity index (χ1) is 67.3. The lowest BCUT2D eigenvalue weighted by molar-refractivity contribution is -0.137. The SMILES string of the molecule is Cc1ccc(/C(=C(\c2ccc(C(=O)O)cc2)c2ccc(C(F)(F)F)cc2)c2ccc(OC=O)cc2)cc1.Cc1ccc(/C(=C(\c2ccc(F)cc2)c2ccc(OC=O)cc2)c2ccc(F)cc2)cc1.O=COc1ccc(C(=C(c2ccc(C(=O)O)cc2)c2ccc(C(=O)O)cc2)c2ccc(OC=O)cc2)cc1.O=COc1ccc(C(=C(c2ccccc2)c2ccc(C(=O)O)cc2)c2ccccc2)cc1. The lowest BCUT2D eigenvalue weighted by Gasteiger charge is -2.19. The Balaban J connectivity index is 0.000000157. The zero-order chi connectivity index (χ0) is 98.5. The maximum absolute atomic E-state index is 13.7. The Hall–Kier alpha value is -18.6. The van der Waals surface area contributed by atoms with E-state index in [0.29, 0.717) is 106 Å². The molecule has 0 bridgehead atoms. The minimum atomic E-state index is -4.49. The van der Waals surface area contributed by atoms with Gasteiger partial charge in [-0.05, 0) is 293 Å². The maximum Gasteiger partial charge on any atom is 0.416 e. The number of aryl methyl sites for hydroxylation is 2. The Morgan fingerprint density at radius 2 is 0.338 bits per heavy atom. The largest absolute Gasteiger partial charge is 0.478 e. The molecule has 0 radical (unpaired) electrons. The van der Waals surface area contributed by atoms with Crippen LogP contribution in [-0.4, -0.2) is 76.7 Å². The summed E-state index contributed by atoms with van der Waals surface area (Å²) in [6.07, 6.45) is -4.49. The van der Waals surface area contributed by atoms with Gasteiger partial charge in [-0.3, -0.25) is 24.0 Å². The second kappa shape index (κ2) is 46.6. The second-order valence-electron chi connectivity index (χ2n) is 30.8. The van der Waals surface area contributed by atoms with Crippen molar-refractivity contribution >= 4 is 101 Å². The predicted molar refractivity (Wildman–Crippen MR) is 519 cm³/mol. The number of benzene rings is 16. The predicted octanol–water partition coefficient (Wildman–Crippen LogP) is 25.2. The maximum atomic E-state index is 13.7. The summed E-state index contributed by atoms with van der Waals surface area (Å²) in [6, 6.07) is 114. The lowest BCUT2D eigenvalue weighted by Crippen LogP contribution is -2.05. The Bertz CT molecular complexity index is 7000. The third-order valence-corrected chi connectivity index (χ3v) is 21.9. The molecule has 0 aliphatic rings. The molecule has 4 N–H and O–H groups in total. The zero-order valence-electron chi connectivity index (χ0n) is 73.9. The molecule has 0 saturated heterocycles. The highest BCUT2D eigenvalue weighted by atomic mass is 19.4. The number of carboxylic acid groups (broad SMARTS) is 4. The fourth-order valence-electron chi connectivity index (χ4n) is 15.2. The molecule has 139 heavy (non-hydrogen) atoms. The number of carbonyl (C=O) groups excluding carboxylic acids is 5. The summed E-state index contributed by atoms with van der Waals surface area (Å²) in [6.45, 7) is 5.72. The Labute approximate surface area is 794 Å². The summed E-state index contributed by atoms with van der Waals surface area (Å²) in [5.74, 6) is -2.93. The van der Waals surface area contributed by atoms with E-state index >= 15 is 0 Å². The average Bonchev–Trinajstić information content (AvgIpc) is 0.791. The monoisotopic (exact) mass is 1860 g/mol. The van der Waals surface area contributed by atoms with Crippen LogP contribution >= 0.6 is 0 Å². The average molecular weight is 1860 g/mol. The number of aromatic carboxylic acids is 4. The van der Waals surface area contributed by atoms with E-state index in [1.54, 1.807) is 170 Å². The van der Waals surface area contributed by atoms with Crippen molar-refractivity contribution in [3.8, 4) is 28.7 Å². The van der Waals surface area contributed by atoms with E-state index in [9.17, 15) is 85.5 Å². The van der Waals surface area contributed by atoms with E-state index in [1.807, 2.05) is 159 Å². The van der Waals surface area contributed by atoms with Crippen LogP contribution in [0.3, 0.4) is 0 Å². The number of hydrogen-bond donors (Lipinski definition) is 4. The van der Waals surface area contributed by atoms with E-state index in [-0.39, 0.29) is 33.9 Å². The van der Waals surface area contributed by atoms with Gasteiger partial charge in [-0.25, -0.2) is 28.0 Å². The molecule has 16 aromatic carbocycles. The molecule has 0 aliphatic carbocycles. The van der Waals surface area contributed by atoms with Crippen molar-refractivity contribution in [1.82, 2.24) is 0 Å². The van der Waals surface area contributed by atoms with Crippen molar-refractivity contribution in [2.24, 2.45) is 0 Å². The molecule has 0 saturated carbocycles. The standard InChI is InChI=1S/C30H21F3O4.C30H20O8.C28H20F2O2.C28H20O4/c1-19-2-4-20(5-3-19)27(23-12-16-26(17-13-23)37-18-34)28(21-6-8-24(9-7-21)29(35)36)22-10-14-25(15-11-22)30(31,32)33;31-17-37-25-13-9-21(10-14-25)28(22-11-15-26(16-12-22)38-18-32)27(19-1-5-23(6-2-19)29(33)34)20-3-7-24(8-4-20)30(35)36;1-19-2-4-20(5-3-19)27(21-6-12-24(29)13-7-21)28(22-8-14-25(30)15-9-22)23-10-16-26(17-11-23)32-18-31;29-19-32-25-17-15-23(16-18-25)27(21-9-5-2-6-10-21)26(20-7-3-1-4-8-20)22-11-13-24(14-12-22)28(30)31/h2-18H,1H3,(H,35,36);1-18H,(H,33,34)(H,35,36);2-18H,1H3;1-19H,(H,30,31)/b28-27-;;28-27-;. The Morgan fingerprint density at radius 1 is 0.201 bits per heavy atom. The van der Waals surface area contributed by atoms with Gasteiger partial charge in [-0.1, -0.05) is 266 Å². The van der Waals surface area contributed by atoms with Crippen LogP contribution in [-0.2, 0) is 30.1 Å². The first kappa shape index (κ1) is 97.9. The van der Waals surface area contributed by atoms with Gasteiger partial charge in [-0.15, -0.1) is 0 Å². The van der Waals surface area contributed by atoms with Crippen molar-refractivity contribution in [1.29, 1.82) is 0 Å². The summed E-state index contributed by atoms with van der Waals surface area (Å²) in [7, 11) is 0. The summed E-state index contributed by atoms with van der Waals surface area (Å²) in [5.41, 5.74) is 21.0. The number of rotatable bonds is 30. The minimum Gasteiger partial charge on any atom is -0.478 e. The highest BCUT2D eigenvalue weighted by Crippen LogP contribution is 2.44. The third-order valence-electron chi connectivity index (χ3n) is 21.9. The van der Waals surface area contributed by atoms with Crippen LogP contribution in [0.4, 0.5) is 22.0 Å². The number of halogens is 5. The number of carbonyl (C=O) groups is 9. The Kier molecular flexibility index (Phi) is 32.8. The first-order valence-corrected chi connectivity index (χ1v) is 42.6. The van der Waals surface area contributed by atoms with Gasteiger partial charge >= 0.3 is 30.1 Å². The summed E-state index contributed by atoms with van der Waals surface area (Å²) < 4.78 is 92.0. The minimum absolute atomic E-state index is 0.0859. The fraction of sp³-hybridized carbons (Fsp3) is 0.0259. The molecule has 0 aromatic heterocycles. The summed E-state index contributed by atoms with van der Waals surface area (Å²) in [5, 5.41) is 37.4. The van der Waals surface area contributed by atoms with E-state index in [2.05, 4.69) is 0 Å². The van der Waals surface area contributed by atoms with Crippen LogP contribution in [0.1, 0.15) is 147 Å². The summed E-state index contributed by atoms with van der Waals surface area (Å²) in [4.78, 5) is 99.4. The van der Waals surface area contributed by atoms with E-state index in [4.69, 9.17) is 23.7 Å². The highest BCUT2D eigenvalue weighted by molar-refractivity contribution is 6.09. The van der Waals surface area contributed by atoms with Crippen LogP contribution in [0, 0.1) is 25.5 Å². The van der Waals surface area contributed by atoms with Crippen molar-refractivity contribution < 1.29 is 109 Å². The van der Waals surface area contributed by atoms with Crippen LogP contribution in [0.5, 0.6) is 28.7 Å². The molecule has 0 amide bonds. The van der Waals surface area contributed by atoms with Crippen LogP contribution in [0.25, 0.3) is 44.6 Å². The quantitative estimate of drug-likeness (QED) is 0.0185. The van der Waals surface area contributed by atoms with Crippen LogP contribution < -0.4 is 23.7 Å². The number of hydrogen-bond acceptors (Lipinski definition) is 14. The normalized spacial score (nSPS) is 11.3. The van der Waals surface area contributed by atoms with Crippen molar-refractivity contribution in [3.63, 3.8) is 0 Å². The fourth-order valence-corrected chi connectivity index (χ4v) is 15.2. The van der Waals surface area contributed by atoms with Gasteiger partial charge in [-0.2, -0.15) is 13.2 Å². The van der Waals surface area contributed by atoms with Crippen LogP contribution in [0.2, 0.25) is 0 Å². The topological polar surface area (TPSA) is 281 Å². The van der Waals surface area contributed by atoms with Crippen LogP contribution in [0.15, 0.2) is 400 Å². The third kappa shape index (κ3) is 25.4. The number of alkyl halides is 3. The van der Waals surface area contributed by atoms with Crippen molar-refractivity contribution in [3.05, 3.63) is 540 Å².